The van der Waals surface area contributed by atoms with Crippen molar-refractivity contribution in [2.45, 2.75) is 19.3 Å². The summed E-state index contributed by atoms with van der Waals surface area (Å²) in [7, 11) is 0. The molecule has 152 valence electrons. The first kappa shape index (κ1) is 20.9. The molecule has 0 saturated carbocycles. The molecule has 0 bridgehead atoms. The molecule has 0 radical (unpaired) electrons. The van der Waals surface area contributed by atoms with Crippen LogP contribution in [0.25, 0.3) is 0 Å². The normalized spacial score (nSPS) is 11.2. The van der Waals surface area contributed by atoms with Crippen LogP contribution in [-0.2, 0) is 9.59 Å². The molecule has 0 fully saturated rings. The SMILES string of the molecule is CC(CC(=O)Nc1cccc(F)c1)=NNC(=O)C(c1ccccc1)c1ccccc1. The van der Waals surface area contributed by atoms with Crippen LogP contribution >= 0.6 is 0 Å². The van der Waals surface area contributed by atoms with Gasteiger partial charge in [0.05, 0.1) is 12.3 Å². The van der Waals surface area contributed by atoms with Gasteiger partial charge in [-0.1, -0.05) is 66.7 Å². The number of nitrogens with one attached hydrogen (secondary N) is 2. The van der Waals surface area contributed by atoms with Gasteiger partial charge in [0, 0.05) is 11.4 Å². The lowest BCUT2D eigenvalue weighted by molar-refractivity contribution is -0.121. The minimum atomic E-state index is -0.523. The number of hydrogen-bond acceptors (Lipinski definition) is 3. The number of amides is 2. The average molecular weight is 403 g/mol. The molecule has 3 aromatic rings. The summed E-state index contributed by atoms with van der Waals surface area (Å²) in [5.41, 5.74) is 5.05. The Morgan fingerprint density at radius 1 is 0.900 bits per heavy atom. The maximum Gasteiger partial charge on any atom is 0.252 e. The van der Waals surface area contributed by atoms with Crippen LogP contribution in [0.1, 0.15) is 30.4 Å². The smallest absolute Gasteiger partial charge is 0.252 e. The zero-order chi connectivity index (χ0) is 21.3. The molecule has 0 spiro atoms. The van der Waals surface area contributed by atoms with E-state index in [4.69, 9.17) is 0 Å². The highest BCUT2D eigenvalue weighted by molar-refractivity contribution is 6.05. The molecule has 3 rings (SSSR count). The zero-order valence-corrected chi connectivity index (χ0v) is 16.5. The van der Waals surface area contributed by atoms with Gasteiger partial charge < -0.3 is 5.32 Å². The fourth-order valence-corrected chi connectivity index (χ4v) is 3.04. The molecular formula is C24H22FN3O2. The fourth-order valence-electron chi connectivity index (χ4n) is 3.04. The Hall–Kier alpha value is -3.80. The number of nitrogens with zero attached hydrogens (tertiary/aromatic N) is 1. The standard InChI is InChI=1S/C24H22FN3O2/c1-17(15-22(29)26-21-14-8-13-20(25)16-21)27-28-24(30)23(18-9-4-2-5-10-18)19-11-6-3-7-12-19/h2-14,16,23H,15H2,1H3,(H,26,29)(H,28,30). The summed E-state index contributed by atoms with van der Waals surface area (Å²) in [6.07, 6.45) is -0.0296. The molecule has 2 amide bonds. The highest BCUT2D eigenvalue weighted by Crippen LogP contribution is 2.24. The van der Waals surface area contributed by atoms with Crippen LogP contribution in [0.5, 0.6) is 0 Å². The molecule has 5 nitrogen and oxygen atoms in total. The third-order valence-corrected chi connectivity index (χ3v) is 4.41. The minimum absolute atomic E-state index is 0.0296. The largest absolute Gasteiger partial charge is 0.326 e. The molecule has 0 aliphatic rings. The Kier molecular flexibility index (Phi) is 7.05. The van der Waals surface area contributed by atoms with E-state index in [9.17, 15) is 14.0 Å². The van der Waals surface area contributed by atoms with E-state index >= 15 is 0 Å². The summed E-state index contributed by atoms with van der Waals surface area (Å²) in [6, 6.07) is 24.5. The topological polar surface area (TPSA) is 70.6 Å². The van der Waals surface area contributed by atoms with Crippen LogP contribution in [0.15, 0.2) is 90.0 Å². The summed E-state index contributed by atoms with van der Waals surface area (Å²) < 4.78 is 13.2. The highest BCUT2D eigenvalue weighted by Gasteiger charge is 2.22. The second-order valence-electron chi connectivity index (χ2n) is 6.81. The third-order valence-electron chi connectivity index (χ3n) is 4.41. The average Bonchev–Trinajstić information content (AvgIpc) is 2.74. The van der Waals surface area contributed by atoms with Crippen molar-refractivity contribution in [3.8, 4) is 0 Å². The van der Waals surface area contributed by atoms with Crippen LogP contribution < -0.4 is 10.7 Å². The number of carbonyl (C=O) groups excluding carboxylic acids is 2. The Bertz CT molecular complexity index is 997. The lowest BCUT2D eigenvalue weighted by Crippen LogP contribution is -2.27. The minimum Gasteiger partial charge on any atom is -0.326 e. The summed E-state index contributed by atoms with van der Waals surface area (Å²) in [5.74, 6) is -1.60. The molecular weight excluding hydrogens is 381 g/mol. The summed E-state index contributed by atoms with van der Waals surface area (Å²) in [6.45, 7) is 1.64. The summed E-state index contributed by atoms with van der Waals surface area (Å²) in [5, 5.41) is 6.68. The van der Waals surface area contributed by atoms with Crippen molar-refractivity contribution in [1.29, 1.82) is 0 Å². The van der Waals surface area contributed by atoms with E-state index < -0.39 is 11.7 Å². The van der Waals surface area contributed by atoms with E-state index in [0.29, 0.717) is 11.4 Å². The van der Waals surface area contributed by atoms with Crippen molar-refractivity contribution in [2.24, 2.45) is 5.10 Å². The van der Waals surface area contributed by atoms with E-state index in [0.717, 1.165) is 11.1 Å². The lowest BCUT2D eigenvalue weighted by atomic mass is 9.91. The quantitative estimate of drug-likeness (QED) is 0.451. The Labute approximate surface area is 174 Å². The van der Waals surface area contributed by atoms with Crippen LogP contribution in [0.4, 0.5) is 10.1 Å². The van der Waals surface area contributed by atoms with Crippen molar-refractivity contribution in [3.05, 3.63) is 102 Å². The predicted molar refractivity (Wildman–Crippen MR) is 116 cm³/mol. The van der Waals surface area contributed by atoms with Gasteiger partial charge in [-0.3, -0.25) is 9.59 Å². The van der Waals surface area contributed by atoms with Crippen molar-refractivity contribution in [1.82, 2.24) is 5.43 Å². The Morgan fingerprint density at radius 2 is 1.50 bits per heavy atom. The molecule has 0 aliphatic carbocycles. The monoisotopic (exact) mass is 403 g/mol. The molecule has 30 heavy (non-hydrogen) atoms. The Morgan fingerprint density at radius 3 is 2.07 bits per heavy atom. The first-order chi connectivity index (χ1) is 14.5. The van der Waals surface area contributed by atoms with Gasteiger partial charge in [-0.25, -0.2) is 9.82 Å². The zero-order valence-electron chi connectivity index (χ0n) is 16.5. The molecule has 0 aliphatic heterocycles. The van der Waals surface area contributed by atoms with E-state index in [-0.39, 0.29) is 18.2 Å². The Balaban J connectivity index is 1.66. The highest BCUT2D eigenvalue weighted by atomic mass is 19.1. The first-order valence-corrected chi connectivity index (χ1v) is 9.51. The van der Waals surface area contributed by atoms with Crippen LogP contribution in [0.2, 0.25) is 0 Å². The third kappa shape index (κ3) is 5.85. The van der Waals surface area contributed by atoms with Gasteiger partial charge in [0.15, 0.2) is 0 Å². The van der Waals surface area contributed by atoms with Gasteiger partial charge >= 0.3 is 0 Å². The first-order valence-electron chi connectivity index (χ1n) is 9.51. The fraction of sp³-hybridized carbons (Fsp3) is 0.125. The lowest BCUT2D eigenvalue weighted by Gasteiger charge is -2.16. The number of carbonyl (C=O) groups is 2. The van der Waals surface area contributed by atoms with Gasteiger partial charge in [-0.05, 0) is 36.2 Å². The van der Waals surface area contributed by atoms with Crippen LogP contribution in [0, 0.1) is 5.82 Å². The van der Waals surface area contributed by atoms with Gasteiger partial charge in [0.1, 0.15) is 5.82 Å². The van der Waals surface area contributed by atoms with E-state index in [2.05, 4.69) is 15.8 Å². The number of halogens is 1. The van der Waals surface area contributed by atoms with Gasteiger partial charge in [-0.15, -0.1) is 0 Å². The molecule has 2 N–H and O–H groups in total. The number of rotatable bonds is 7. The number of hydrazone groups is 1. The van der Waals surface area contributed by atoms with Gasteiger partial charge in [0.25, 0.3) is 5.91 Å². The number of anilines is 1. The molecule has 0 heterocycles. The van der Waals surface area contributed by atoms with E-state index in [1.165, 1.54) is 18.2 Å². The molecule has 3 aromatic carbocycles. The maximum atomic E-state index is 13.2. The van der Waals surface area contributed by atoms with Gasteiger partial charge in [-0.2, -0.15) is 5.10 Å². The molecule has 0 aromatic heterocycles. The summed E-state index contributed by atoms with van der Waals surface area (Å²) in [4.78, 5) is 25.0. The number of benzene rings is 3. The maximum absolute atomic E-state index is 13.2. The van der Waals surface area contributed by atoms with Crippen LogP contribution in [-0.4, -0.2) is 17.5 Å². The summed E-state index contributed by atoms with van der Waals surface area (Å²) >= 11 is 0. The van der Waals surface area contributed by atoms with Crippen molar-refractivity contribution < 1.29 is 14.0 Å². The molecule has 0 unspecified atom stereocenters. The van der Waals surface area contributed by atoms with Crippen molar-refractivity contribution in [2.75, 3.05) is 5.32 Å². The van der Waals surface area contributed by atoms with Crippen molar-refractivity contribution in [3.63, 3.8) is 0 Å². The van der Waals surface area contributed by atoms with Crippen molar-refractivity contribution >= 4 is 23.2 Å². The van der Waals surface area contributed by atoms with E-state index in [1.54, 1.807) is 13.0 Å². The predicted octanol–water partition coefficient (Wildman–Crippen LogP) is 4.48. The molecule has 0 saturated heterocycles. The van der Waals surface area contributed by atoms with Gasteiger partial charge in [0.2, 0.25) is 5.91 Å². The molecule has 6 heteroatoms. The number of hydrogen-bond donors (Lipinski definition) is 2. The van der Waals surface area contributed by atoms with E-state index in [1.807, 2.05) is 60.7 Å². The second-order valence-corrected chi connectivity index (χ2v) is 6.81. The van der Waals surface area contributed by atoms with Crippen LogP contribution in [0.3, 0.4) is 0 Å². The second kappa shape index (κ2) is 10.1. The molecule has 0 atom stereocenters.